The number of nitrogens with one attached hydrogen (secondary N) is 1. The highest BCUT2D eigenvalue weighted by Crippen LogP contribution is 2.15. The van der Waals surface area contributed by atoms with Crippen molar-refractivity contribution in [3.05, 3.63) is 22.9 Å². The number of amides is 1. The van der Waals surface area contributed by atoms with Crippen LogP contribution < -0.4 is 10.1 Å². The maximum atomic E-state index is 11.6. The van der Waals surface area contributed by atoms with Gasteiger partial charge in [-0.1, -0.05) is 0 Å². The topological polar surface area (TPSA) is 80.7 Å². The van der Waals surface area contributed by atoms with Crippen LogP contribution in [0.3, 0.4) is 0 Å². The van der Waals surface area contributed by atoms with Gasteiger partial charge in [-0.2, -0.15) is 0 Å². The molecule has 1 unspecified atom stereocenters. The van der Waals surface area contributed by atoms with Crippen molar-refractivity contribution in [2.75, 3.05) is 13.2 Å². The largest absolute Gasteiger partial charge is 0.490 e. The number of hydrogen-bond donors (Lipinski definition) is 2. The second-order valence-electron chi connectivity index (χ2n) is 5.18. The van der Waals surface area contributed by atoms with Gasteiger partial charge < -0.3 is 19.9 Å². The third kappa shape index (κ3) is 6.72. The minimum atomic E-state index is -0.590. The van der Waals surface area contributed by atoms with Crippen molar-refractivity contribution in [2.45, 2.75) is 32.4 Å². The van der Waals surface area contributed by atoms with Gasteiger partial charge in [-0.25, -0.2) is 4.79 Å². The van der Waals surface area contributed by atoms with Gasteiger partial charge >= 0.3 is 6.09 Å². The summed E-state index contributed by atoms with van der Waals surface area (Å²) in [6.45, 7) is 5.17. The first-order chi connectivity index (χ1) is 9.30. The van der Waals surface area contributed by atoms with Gasteiger partial charge in [-0.15, -0.1) is 0 Å². The molecule has 0 aliphatic carbocycles. The number of rotatable bonds is 5. The number of carbonyl (C=O) groups excluding carboxylic acids is 1. The molecule has 7 heteroatoms. The molecule has 2 N–H and O–H groups in total. The molecule has 0 fully saturated rings. The molecular formula is C13H19BrN2O4. The van der Waals surface area contributed by atoms with Crippen molar-refractivity contribution >= 4 is 22.0 Å². The summed E-state index contributed by atoms with van der Waals surface area (Å²) >= 11 is 3.28. The molecule has 0 spiro atoms. The van der Waals surface area contributed by atoms with Crippen LogP contribution in [0.4, 0.5) is 4.79 Å². The molecule has 6 nitrogen and oxygen atoms in total. The van der Waals surface area contributed by atoms with Crippen LogP contribution >= 0.6 is 15.9 Å². The molecule has 112 valence electrons. The first kappa shape index (κ1) is 16.7. The molecule has 0 saturated heterocycles. The smallest absolute Gasteiger partial charge is 0.408 e. The summed E-state index contributed by atoms with van der Waals surface area (Å²) in [5, 5.41) is 11.8. The molecule has 0 aliphatic heterocycles. The van der Waals surface area contributed by atoms with E-state index in [1.807, 2.05) is 0 Å². The number of pyridine rings is 1. The Bertz CT molecular complexity index is 448. The summed E-state index contributed by atoms with van der Waals surface area (Å²) in [7, 11) is 0. The number of ether oxygens (including phenoxy) is 2. The van der Waals surface area contributed by atoms with E-state index >= 15 is 0 Å². The van der Waals surface area contributed by atoms with E-state index in [2.05, 4.69) is 26.2 Å². The molecule has 0 bridgehead atoms. The van der Waals surface area contributed by atoms with E-state index in [4.69, 9.17) is 9.47 Å². The molecule has 1 heterocycles. The van der Waals surface area contributed by atoms with Crippen molar-refractivity contribution in [3.63, 3.8) is 0 Å². The number of aliphatic hydroxyl groups is 1. The van der Waals surface area contributed by atoms with Crippen molar-refractivity contribution < 1.29 is 19.4 Å². The van der Waals surface area contributed by atoms with Crippen LogP contribution in [0.15, 0.2) is 22.9 Å². The van der Waals surface area contributed by atoms with E-state index < -0.39 is 17.7 Å². The fourth-order valence-electron chi connectivity index (χ4n) is 1.28. The fraction of sp³-hybridized carbons (Fsp3) is 0.538. The lowest BCUT2D eigenvalue weighted by atomic mass is 10.2. The van der Waals surface area contributed by atoms with Gasteiger partial charge in [0.25, 0.3) is 0 Å². The maximum Gasteiger partial charge on any atom is 0.408 e. The summed E-state index contributed by atoms with van der Waals surface area (Å²) in [6.07, 6.45) is 2.59. The Morgan fingerprint density at radius 2 is 2.20 bits per heavy atom. The molecule has 0 aromatic carbocycles. The lowest BCUT2D eigenvalue weighted by molar-refractivity contribution is 0.0458. The monoisotopic (exact) mass is 346 g/mol. The quantitative estimate of drug-likeness (QED) is 0.853. The zero-order valence-electron chi connectivity index (χ0n) is 11.7. The molecule has 0 radical (unpaired) electrons. The third-order valence-electron chi connectivity index (χ3n) is 2.07. The number of nitrogens with zero attached hydrogens (tertiary/aromatic N) is 1. The van der Waals surface area contributed by atoms with Crippen LogP contribution in [0.2, 0.25) is 0 Å². The van der Waals surface area contributed by atoms with Gasteiger partial charge in [0.2, 0.25) is 0 Å². The van der Waals surface area contributed by atoms with Crippen molar-refractivity contribution in [1.82, 2.24) is 10.3 Å². The van der Waals surface area contributed by atoms with E-state index in [9.17, 15) is 9.90 Å². The number of hydrogen-bond acceptors (Lipinski definition) is 5. The number of halogens is 1. The normalized spacial score (nSPS) is 12.7. The first-order valence-corrected chi connectivity index (χ1v) is 6.93. The molecule has 0 aliphatic rings. The number of carbonyl (C=O) groups is 1. The Hall–Kier alpha value is -1.34. The van der Waals surface area contributed by atoms with Crippen LogP contribution in [0.1, 0.15) is 20.8 Å². The van der Waals surface area contributed by atoms with Gasteiger partial charge in [-0.05, 0) is 42.8 Å². The highest BCUT2D eigenvalue weighted by molar-refractivity contribution is 9.10. The summed E-state index contributed by atoms with van der Waals surface area (Å²) in [5.41, 5.74) is -0.584. The zero-order valence-corrected chi connectivity index (χ0v) is 13.3. The SMILES string of the molecule is CC(C)(C)OC(=O)NC(CO)COc1cncc(Br)c1. The minimum Gasteiger partial charge on any atom is -0.490 e. The number of alkyl carbamates (subject to hydrolysis) is 1. The van der Waals surface area contributed by atoms with E-state index in [1.165, 1.54) is 0 Å². The van der Waals surface area contributed by atoms with Crippen molar-refractivity contribution in [1.29, 1.82) is 0 Å². The van der Waals surface area contributed by atoms with Gasteiger partial charge in [0.15, 0.2) is 0 Å². The highest BCUT2D eigenvalue weighted by atomic mass is 79.9. The molecule has 20 heavy (non-hydrogen) atoms. The van der Waals surface area contributed by atoms with E-state index in [0.717, 1.165) is 4.47 Å². The van der Waals surface area contributed by atoms with Gasteiger partial charge in [0.05, 0.1) is 18.8 Å². The molecular weight excluding hydrogens is 328 g/mol. The van der Waals surface area contributed by atoms with E-state index in [1.54, 1.807) is 39.2 Å². The number of aliphatic hydroxyl groups excluding tert-OH is 1. The van der Waals surface area contributed by atoms with Crippen molar-refractivity contribution in [3.8, 4) is 5.75 Å². The van der Waals surface area contributed by atoms with Gasteiger partial charge in [0, 0.05) is 10.7 Å². The van der Waals surface area contributed by atoms with Crippen LogP contribution in [0, 0.1) is 0 Å². The summed E-state index contributed by atoms with van der Waals surface area (Å²) in [6, 6.07) is 1.19. The zero-order chi connectivity index (χ0) is 15.2. The third-order valence-corrected chi connectivity index (χ3v) is 2.51. The molecule has 1 atom stereocenters. The predicted octanol–water partition coefficient (Wildman–Crippen LogP) is 2.11. The Balaban J connectivity index is 2.45. The lowest BCUT2D eigenvalue weighted by Crippen LogP contribution is -2.44. The Morgan fingerprint density at radius 1 is 1.50 bits per heavy atom. The van der Waals surface area contributed by atoms with Crippen LogP contribution in [0.25, 0.3) is 0 Å². The molecule has 1 amide bonds. The molecule has 1 aromatic heterocycles. The fourth-order valence-corrected chi connectivity index (χ4v) is 1.63. The van der Waals surface area contributed by atoms with E-state index in [-0.39, 0.29) is 13.2 Å². The predicted molar refractivity (Wildman–Crippen MR) is 77.7 cm³/mol. The second kappa shape index (κ2) is 7.44. The second-order valence-corrected chi connectivity index (χ2v) is 6.09. The van der Waals surface area contributed by atoms with Crippen LogP contribution in [-0.4, -0.2) is 41.0 Å². The summed E-state index contributed by atoms with van der Waals surface area (Å²) in [5.74, 6) is 0.545. The first-order valence-electron chi connectivity index (χ1n) is 6.14. The number of aromatic nitrogens is 1. The highest BCUT2D eigenvalue weighted by Gasteiger charge is 2.19. The molecule has 1 rings (SSSR count). The molecule has 1 aromatic rings. The molecule has 0 saturated carbocycles. The Labute approximate surface area is 126 Å². The average molecular weight is 347 g/mol. The Kier molecular flexibility index (Phi) is 6.22. The lowest BCUT2D eigenvalue weighted by Gasteiger charge is -2.22. The maximum absolute atomic E-state index is 11.6. The van der Waals surface area contributed by atoms with Gasteiger partial charge in [0.1, 0.15) is 18.0 Å². The van der Waals surface area contributed by atoms with E-state index in [0.29, 0.717) is 5.75 Å². The summed E-state index contributed by atoms with van der Waals surface area (Å²) < 4.78 is 11.3. The van der Waals surface area contributed by atoms with Crippen LogP contribution in [0.5, 0.6) is 5.75 Å². The standard InChI is InChI=1S/C13H19BrN2O4/c1-13(2,3)20-12(18)16-10(7-17)8-19-11-4-9(14)5-15-6-11/h4-6,10,17H,7-8H2,1-3H3,(H,16,18). The van der Waals surface area contributed by atoms with Gasteiger partial charge in [-0.3, -0.25) is 4.98 Å². The van der Waals surface area contributed by atoms with Crippen molar-refractivity contribution in [2.24, 2.45) is 0 Å². The Morgan fingerprint density at radius 3 is 2.75 bits per heavy atom. The van der Waals surface area contributed by atoms with Crippen LogP contribution in [-0.2, 0) is 4.74 Å². The average Bonchev–Trinajstić information content (AvgIpc) is 2.32. The summed E-state index contributed by atoms with van der Waals surface area (Å²) in [4.78, 5) is 15.5. The minimum absolute atomic E-state index is 0.119.